The number of nitrogens with zero attached hydrogens (tertiary/aromatic N) is 1. The summed E-state index contributed by atoms with van der Waals surface area (Å²) >= 11 is 0. The van der Waals surface area contributed by atoms with Gasteiger partial charge in [-0.1, -0.05) is 13.8 Å². The number of ether oxygens (including phenoxy) is 1. The number of hydrogen-bond acceptors (Lipinski definition) is 4. The van der Waals surface area contributed by atoms with Gasteiger partial charge in [0.05, 0.1) is 12.7 Å². The molecule has 114 valence electrons. The van der Waals surface area contributed by atoms with Gasteiger partial charge >= 0.3 is 5.97 Å². The third kappa shape index (κ3) is 3.54. The molecule has 1 aliphatic heterocycles. The first-order valence-corrected chi connectivity index (χ1v) is 7.04. The van der Waals surface area contributed by atoms with Crippen LogP contribution in [0.1, 0.15) is 47.4 Å². The Labute approximate surface area is 124 Å². The molecule has 0 spiro atoms. The molecule has 21 heavy (non-hydrogen) atoms. The first-order valence-electron chi connectivity index (χ1n) is 7.04. The molecule has 1 N–H and O–H groups in total. The van der Waals surface area contributed by atoms with Crippen molar-refractivity contribution in [3.63, 3.8) is 0 Å². The largest absolute Gasteiger partial charge is 0.508 e. The van der Waals surface area contributed by atoms with Crippen LogP contribution in [0.4, 0.5) is 0 Å². The minimum absolute atomic E-state index is 0.112. The highest BCUT2D eigenvalue weighted by atomic mass is 16.5. The number of benzene rings is 1. The molecular weight excluding hydrogens is 270 g/mol. The number of piperidine rings is 1. The zero-order valence-electron chi connectivity index (χ0n) is 12.7. The van der Waals surface area contributed by atoms with Crippen LogP contribution in [0, 0.1) is 5.41 Å². The highest BCUT2D eigenvalue weighted by Crippen LogP contribution is 2.30. The molecule has 0 aliphatic carbocycles. The predicted molar refractivity (Wildman–Crippen MR) is 78.4 cm³/mol. The van der Waals surface area contributed by atoms with Crippen molar-refractivity contribution >= 4 is 11.9 Å². The lowest BCUT2D eigenvalue weighted by Crippen LogP contribution is -2.41. The van der Waals surface area contributed by atoms with Gasteiger partial charge in [0.2, 0.25) is 0 Å². The molecule has 1 aromatic carbocycles. The second-order valence-corrected chi connectivity index (χ2v) is 6.22. The number of phenols is 1. The summed E-state index contributed by atoms with van der Waals surface area (Å²) in [5.74, 6) is -0.843. The fourth-order valence-electron chi connectivity index (χ4n) is 2.47. The number of likely N-dealkylation sites (tertiary alicyclic amines) is 1. The maximum Gasteiger partial charge on any atom is 0.338 e. The van der Waals surface area contributed by atoms with Crippen molar-refractivity contribution in [3.05, 3.63) is 29.3 Å². The van der Waals surface area contributed by atoms with Gasteiger partial charge in [-0.2, -0.15) is 0 Å². The van der Waals surface area contributed by atoms with Gasteiger partial charge in [0.25, 0.3) is 5.91 Å². The molecule has 1 aliphatic rings. The van der Waals surface area contributed by atoms with Crippen LogP contribution in [-0.4, -0.2) is 42.1 Å². The molecule has 0 saturated carbocycles. The molecule has 0 bridgehead atoms. The van der Waals surface area contributed by atoms with E-state index in [9.17, 15) is 14.7 Å². The van der Waals surface area contributed by atoms with Gasteiger partial charge < -0.3 is 14.7 Å². The van der Waals surface area contributed by atoms with Gasteiger partial charge in [0.15, 0.2) is 0 Å². The summed E-state index contributed by atoms with van der Waals surface area (Å²) < 4.78 is 4.62. The maximum absolute atomic E-state index is 12.5. The van der Waals surface area contributed by atoms with Crippen LogP contribution in [0.3, 0.4) is 0 Å². The Bertz CT molecular complexity index is 555. The first kappa shape index (κ1) is 15.4. The Morgan fingerprint density at radius 1 is 1.14 bits per heavy atom. The van der Waals surface area contributed by atoms with Crippen LogP contribution < -0.4 is 0 Å². The molecule has 1 aromatic rings. The van der Waals surface area contributed by atoms with Crippen molar-refractivity contribution in [3.8, 4) is 5.75 Å². The van der Waals surface area contributed by atoms with E-state index in [0.29, 0.717) is 18.7 Å². The van der Waals surface area contributed by atoms with Crippen LogP contribution in [0.5, 0.6) is 5.75 Å². The Balaban J connectivity index is 2.20. The summed E-state index contributed by atoms with van der Waals surface area (Å²) in [6, 6.07) is 4.14. The molecule has 5 heteroatoms. The minimum atomic E-state index is -0.570. The molecule has 2 rings (SSSR count). The smallest absolute Gasteiger partial charge is 0.338 e. The fraction of sp³-hybridized carbons (Fsp3) is 0.500. The van der Waals surface area contributed by atoms with Crippen LogP contribution in [0.25, 0.3) is 0 Å². The van der Waals surface area contributed by atoms with Crippen molar-refractivity contribution in [2.45, 2.75) is 26.7 Å². The van der Waals surface area contributed by atoms with Gasteiger partial charge in [-0.25, -0.2) is 4.79 Å². The monoisotopic (exact) mass is 291 g/mol. The summed E-state index contributed by atoms with van der Waals surface area (Å²) in [5, 5.41) is 9.69. The van der Waals surface area contributed by atoms with Crippen LogP contribution >= 0.6 is 0 Å². The molecular formula is C16H21NO4. The zero-order chi connectivity index (χ0) is 15.6. The quantitative estimate of drug-likeness (QED) is 0.850. The Hall–Kier alpha value is -2.04. The fourth-order valence-corrected chi connectivity index (χ4v) is 2.47. The highest BCUT2D eigenvalue weighted by molar-refractivity contribution is 5.98. The molecule has 1 heterocycles. The summed E-state index contributed by atoms with van der Waals surface area (Å²) in [7, 11) is 1.26. The molecule has 0 aromatic heterocycles. The van der Waals surface area contributed by atoms with Crippen molar-refractivity contribution in [2.24, 2.45) is 5.41 Å². The molecule has 0 atom stereocenters. The average Bonchev–Trinajstić information content (AvgIpc) is 2.45. The predicted octanol–water partition coefficient (Wildman–Crippen LogP) is 2.44. The topological polar surface area (TPSA) is 66.8 Å². The van der Waals surface area contributed by atoms with Crippen molar-refractivity contribution < 1.29 is 19.4 Å². The second-order valence-electron chi connectivity index (χ2n) is 6.22. The van der Waals surface area contributed by atoms with Crippen LogP contribution in [-0.2, 0) is 4.74 Å². The number of rotatable bonds is 2. The number of carbonyl (C=O) groups excluding carboxylic acids is 2. The third-order valence-electron chi connectivity index (χ3n) is 3.99. The Morgan fingerprint density at radius 3 is 2.29 bits per heavy atom. The summed E-state index contributed by atoms with van der Waals surface area (Å²) in [6.07, 6.45) is 1.89. The lowest BCUT2D eigenvalue weighted by atomic mass is 9.82. The number of hydrogen-bond donors (Lipinski definition) is 1. The molecule has 5 nitrogen and oxygen atoms in total. The molecule has 1 amide bonds. The Morgan fingerprint density at radius 2 is 1.71 bits per heavy atom. The number of methoxy groups -OCH3 is 1. The first-order chi connectivity index (χ1) is 9.82. The van der Waals surface area contributed by atoms with E-state index in [2.05, 4.69) is 18.6 Å². The van der Waals surface area contributed by atoms with E-state index in [1.807, 2.05) is 0 Å². The van der Waals surface area contributed by atoms with E-state index in [1.165, 1.54) is 25.3 Å². The Kier molecular flexibility index (Phi) is 4.21. The second kappa shape index (κ2) is 5.76. The van der Waals surface area contributed by atoms with Crippen LogP contribution in [0.2, 0.25) is 0 Å². The van der Waals surface area contributed by atoms with Crippen molar-refractivity contribution in [1.29, 1.82) is 0 Å². The lowest BCUT2D eigenvalue weighted by molar-refractivity contribution is 0.0600. The molecule has 0 unspecified atom stereocenters. The number of aromatic hydroxyl groups is 1. The SMILES string of the molecule is COC(=O)c1cc(O)cc(C(=O)N2CCC(C)(C)CC2)c1. The van der Waals surface area contributed by atoms with Crippen molar-refractivity contribution in [2.75, 3.05) is 20.2 Å². The van der Waals surface area contributed by atoms with E-state index in [1.54, 1.807) is 4.90 Å². The summed E-state index contributed by atoms with van der Waals surface area (Å²) in [6.45, 7) is 5.77. The normalized spacial score (nSPS) is 17.4. The minimum Gasteiger partial charge on any atom is -0.508 e. The van der Waals surface area contributed by atoms with E-state index in [0.717, 1.165) is 12.8 Å². The van der Waals surface area contributed by atoms with Crippen LogP contribution in [0.15, 0.2) is 18.2 Å². The third-order valence-corrected chi connectivity index (χ3v) is 3.99. The summed E-state index contributed by atoms with van der Waals surface area (Å²) in [4.78, 5) is 25.8. The van der Waals surface area contributed by atoms with E-state index in [-0.39, 0.29) is 22.6 Å². The van der Waals surface area contributed by atoms with Crippen molar-refractivity contribution in [1.82, 2.24) is 4.90 Å². The number of amides is 1. The summed E-state index contributed by atoms with van der Waals surface area (Å²) in [5.41, 5.74) is 0.751. The lowest BCUT2D eigenvalue weighted by Gasteiger charge is -2.37. The van der Waals surface area contributed by atoms with E-state index >= 15 is 0 Å². The van der Waals surface area contributed by atoms with E-state index < -0.39 is 5.97 Å². The average molecular weight is 291 g/mol. The van der Waals surface area contributed by atoms with Gasteiger partial charge in [-0.3, -0.25) is 4.79 Å². The van der Waals surface area contributed by atoms with Gasteiger partial charge in [0, 0.05) is 18.7 Å². The highest BCUT2D eigenvalue weighted by Gasteiger charge is 2.28. The molecule has 1 fully saturated rings. The zero-order valence-corrected chi connectivity index (χ0v) is 12.7. The van der Waals surface area contributed by atoms with E-state index in [4.69, 9.17) is 0 Å². The standard InChI is InChI=1S/C16H21NO4/c1-16(2)4-6-17(7-5-16)14(19)11-8-12(15(20)21-3)10-13(18)9-11/h8-10,18H,4-7H2,1-3H3. The van der Waals surface area contributed by atoms with Gasteiger partial charge in [0.1, 0.15) is 5.75 Å². The van der Waals surface area contributed by atoms with Gasteiger partial charge in [-0.05, 0) is 36.5 Å². The molecule has 1 saturated heterocycles. The number of esters is 1. The maximum atomic E-state index is 12.5. The molecule has 0 radical (unpaired) electrons. The number of phenolic OH excluding ortho intramolecular Hbond substituents is 1. The van der Waals surface area contributed by atoms with Gasteiger partial charge in [-0.15, -0.1) is 0 Å². The number of carbonyl (C=O) groups is 2.